The van der Waals surface area contributed by atoms with Gasteiger partial charge in [-0.05, 0) is 87.3 Å². The topological polar surface area (TPSA) is 21.7 Å². The molecule has 1 heterocycles. The van der Waals surface area contributed by atoms with Crippen molar-refractivity contribution in [3.8, 4) is 33.8 Å². The lowest BCUT2D eigenvalue weighted by atomic mass is 9.68. The van der Waals surface area contributed by atoms with Crippen molar-refractivity contribution in [1.29, 1.82) is 0 Å². The summed E-state index contributed by atoms with van der Waals surface area (Å²) in [6.45, 7) is 0. The zero-order valence-electron chi connectivity index (χ0n) is 30.9. The first-order chi connectivity index (χ1) is 27.8. The third-order valence-electron chi connectivity index (χ3n) is 12.0. The van der Waals surface area contributed by atoms with Gasteiger partial charge >= 0.3 is 0 Å². The maximum absolute atomic E-state index is 7.20. The lowest BCUT2D eigenvalue weighted by Crippen LogP contribution is -2.42. The van der Waals surface area contributed by atoms with Crippen LogP contribution in [-0.2, 0) is 5.41 Å². The molecule has 3 aliphatic rings. The van der Waals surface area contributed by atoms with Crippen LogP contribution < -0.4 is 14.4 Å². The highest BCUT2D eigenvalue weighted by Gasteiger charge is 2.49. The van der Waals surface area contributed by atoms with Crippen molar-refractivity contribution in [1.82, 2.24) is 0 Å². The fourth-order valence-electron chi connectivity index (χ4n) is 9.55. The van der Waals surface area contributed by atoms with Crippen LogP contribution in [0.1, 0.15) is 35.1 Å². The standard InChI is InChI=1S/C53H39NO2/c1-4-17-37(18-5-1)43-24-13-15-27-47(43)54(41-29-28-36-16-10-11-19-38(36)34-41)42-30-32-48-50(35-42)55-49-33-31-46-51(52(49)56-48)44-25-12-14-26-45(44)53(46,39-20-6-2-7-21-39)40-22-8-3-9-23-40/h1-29,31,33-35,48,50H,30,32H2. The normalized spacial score (nSPS) is 17.3. The fraction of sp³-hybridized carbons (Fsp3) is 0.0943. The number of rotatable bonds is 6. The Hall–Kier alpha value is -6.84. The summed E-state index contributed by atoms with van der Waals surface area (Å²) in [6.07, 6.45) is 3.59. The molecule has 0 N–H and O–H groups in total. The van der Waals surface area contributed by atoms with Gasteiger partial charge in [-0.15, -0.1) is 0 Å². The van der Waals surface area contributed by atoms with Crippen molar-refractivity contribution in [2.24, 2.45) is 0 Å². The molecular formula is C53H39NO2. The molecule has 8 aromatic rings. The Labute approximate surface area is 327 Å². The van der Waals surface area contributed by atoms with Crippen molar-refractivity contribution >= 4 is 22.1 Å². The molecule has 8 aromatic carbocycles. The number of ether oxygens (including phenoxy) is 2. The summed E-state index contributed by atoms with van der Waals surface area (Å²) < 4.78 is 14.3. The van der Waals surface area contributed by atoms with E-state index < -0.39 is 5.41 Å². The number of hydrogen-bond donors (Lipinski definition) is 0. The van der Waals surface area contributed by atoms with Gasteiger partial charge in [0.25, 0.3) is 0 Å². The van der Waals surface area contributed by atoms with Crippen LogP contribution in [0.4, 0.5) is 11.4 Å². The lowest BCUT2D eigenvalue weighted by Gasteiger charge is -2.40. The molecule has 3 heteroatoms. The van der Waals surface area contributed by atoms with Gasteiger partial charge in [-0.1, -0.05) is 170 Å². The second-order valence-corrected chi connectivity index (χ2v) is 15.0. The molecule has 0 bridgehead atoms. The zero-order valence-corrected chi connectivity index (χ0v) is 30.9. The van der Waals surface area contributed by atoms with E-state index in [4.69, 9.17) is 9.47 Å². The summed E-state index contributed by atoms with van der Waals surface area (Å²) in [4.78, 5) is 2.44. The van der Waals surface area contributed by atoms with Crippen molar-refractivity contribution in [3.05, 3.63) is 228 Å². The quantitative estimate of drug-likeness (QED) is 0.171. The molecule has 11 rings (SSSR count). The number of nitrogens with zero attached hydrogens (tertiary/aromatic N) is 1. The van der Waals surface area contributed by atoms with Gasteiger partial charge in [0.05, 0.1) is 11.1 Å². The van der Waals surface area contributed by atoms with Gasteiger partial charge in [0.2, 0.25) is 0 Å². The van der Waals surface area contributed by atoms with Crippen LogP contribution in [0, 0.1) is 0 Å². The van der Waals surface area contributed by atoms with E-state index in [9.17, 15) is 0 Å². The van der Waals surface area contributed by atoms with Crippen LogP contribution in [-0.4, -0.2) is 12.2 Å². The highest BCUT2D eigenvalue weighted by Crippen LogP contribution is 2.61. The van der Waals surface area contributed by atoms with Crippen LogP contribution in [0.15, 0.2) is 206 Å². The Balaban J connectivity index is 1.04. The molecule has 0 fully saturated rings. The first-order valence-corrected chi connectivity index (χ1v) is 19.6. The predicted octanol–water partition coefficient (Wildman–Crippen LogP) is 12.9. The fourth-order valence-corrected chi connectivity index (χ4v) is 9.55. The highest BCUT2D eigenvalue weighted by molar-refractivity contribution is 5.92. The molecule has 56 heavy (non-hydrogen) atoms. The average Bonchev–Trinajstić information content (AvgIpc) is 3.58. The largest absolute Gasteiger partial charge is 0.482 e. The van der Waals surface area contributed by atoms with E-state index in [1.54, 1.807) is 0 Å². The van der Waals surface area contributed by atoms with E-state index in [2.05, 4.69) is 205 Å². The maximum Gasteiger partial charge on any atom is 0.170 e. The minimum atomic E-state index is -0.490. The molecule has 0 saturated heterocycles. The third-order valence-corrected chi connectivity index (χ3v) is 12.0. The summed E-state index contributed by atoms with van der Waals surface area (Å²) in [5.41, 5.74) is 12.6. The summed E-state index contributed by atoms with van der Waals surface area (Å²) >= 11 is 0. The van der Waals surface area contributed by atoms with Crippen molar-refractivity contribution < 1.29 is 9.47 Å². The third kappa shape index (κ3) is 5.04. The molecular weight excluding hydrogens is 683 g/mol. The maximum atomic E-state index is 7.20. The predicted molar refractivity (Wildman–Crippen MR) is 228 cm³/mol. The van der Waals surface area contributed by atoms with Gasteiger partial charge in [0, 0.05) is 22.5 Å². The molecule has 0 radical (unpaired) electrons. The monoisotopic (exact) mass is 721 g/mol. The van der Waals surface area contributed by atoms with Crippen LogP contribution in [0.2, 0.25) is 0 Å². The first kappa shape index (κ1) is 32.6. The number of hydrogen-bond acceptors (Lipinski definition) is 3. The van der Waals surface area contributed by atoms with Crippen molar-refractivity contribution in [3.63, 3.8) is 0 Å². The van der Waals surface area contributed by atoms with E-state index >= 15 is 0 Å². The number of allylic oxidation sites excluding steroid dienone is 1. The van der Waals surface area contributed by atoms with Crippen molar-refractivity contribution in [2.75, 3.05) is 4.90 Å². The number of benzene rings is 8. The summed E-state index contributed by atoms with van der Waals surface area (Å²) in [5, 5.41) is 2.44. The molecule has 0 spiro atoms. The Bertz CT molecular complexity index is 2730. The van der Waals surface area contributed by atoms with Gasteiger partial charge in [0.1, 0.15) is 6.10 Å². The molecule has 0 amide bonds. The molecule has 3 nitrogen and oxygen atoms in total. The molecule has 0 saturated carbocycles. The average molecular weight is 722 g/mol. The van der Waals surface area contributed by atoms with Gasteiger partial charge in [0.15, 0.2) is 17.6 Å². The molecule has 2 atom stereocenters. The number of fused-ring (bicyclic) bond motifs is 7. The summed E-state index contributed by atoms with van der Waals surface area (Å²) in [5.74, 6) is 1.64. The Kier molecular flexibility index (Phi) is 7.67. The SMILES string of the molecule is C1=C(N(c2ccc3ccccc3c2)c2ccccc2-c2ccccc2)CCC2Oc3c(ccc4c3-c3ccccc3C4(c3ccccc3)c3ccccc3)OC12. The van der Waals surface area contributed by atoms with E-state index in [1.165, 1.54) is 55.4 Å². The van der Waals surface area contributed by atoms with Crippen LogP contribution in [0.5, 0.6) is 11.5 Å². The van der Waals surface area contributed by atoms with Gasteiger partial charge in [-0.25, -0.2) is 0 Å². The minimum absolute atomic E-state index is 0.129. The van der Waals surface area contributed by atoms with E-state index in [-0.39, 0.29) is 12.2 Å². The minimum Gasteiger partial charge on any atom is -0.482 e. The van der Waals surface area contributed by atoms with Crippen LogP contribution in [0.3, 0.4) is 0 Å². The molecule has 2 aliphatic carbocycles. The molecule has 1 aliphatic heterocycles. The lowest BCUT2D eigenvalue weighted by molar-refractivity contribution is 0.0374. The second kappa shape index (κ2) is 13.2. The van der Waals surface area contributed by atoms with Gasteiger partial charge in [-0.3, -0.25) is 0 Å². The molecule has 2 unspecified atom stereocenters. The second-order valence-electron chi connectivity index (χ2n) is 15.0. The van der Waals surface area contributed by atoms with Crippen LogP contribution >= 0.6 is 0 Å². The highest BCUT2D eigenvalue weighted by atomic mass is 16.6. The van der Waals surface area contributed by atoms with E-state index in [0.29, 0.717) is 0 Å². The van der Waals surface area contributed by atoms with Gasteiger partial charge < -0.3 is 14.4 Å². The Morgan fingerprint density at radius 3 is 1.93 bits per heavy atom. The summed E-state index contributed by atoms with van der Waals surface area (Å²) in [6, 6.07) is 69.9. The van der Waals surface area contributed by atoms with Gasteiger partial charge in [-0.2, -0.15) is 0 Å². The molecule has 0 aromatic heterocycles. The van der Waals surface area contributed by atoms with Crippen molar-refractivity contribution in [2.45, 2.75) is 30.5 Å². The van der Waals surface area contributed by atoms with E-state index in [0.717, 1.165) is 41.3 Å². The summed E-state index contributed by atoms with van der Waals surface area (Å²) in [7, 11) is 0. The van der Waals surface area contributed by atoms with E-state index in [1.807, 2.05) is 0 Å². The Morgan fingerprint density at radius 1 is 0.518 bits per heavy atom. The van der Waals surface area contributed by atoms with Crippen LogP contribution in [0.25, 0.3) is 33.0 Å². The first-order valence-electron chi connectivity index (χ1n) is 19.6. The zero-order chi connectivity index (χ0) is 37.1. The molecule has 268 valence electrons. The Morgan fingerprint density at radius 2 is 1.16 bits per heavy atom. The number of para-hydroxylation sites is 1. The smallest absolute Gasteiger partial charge is 0.170 e. The number of anilines is 2.